The van der Waals surface area contributed by atoms with Gasteiger partial charge >= 0.3 is 0 Å². The van der Waals surface area contributed by atoms with Crippen molar-refractivity contribution >= 4 is 45.9 Å². The molecule has 0 aliphatic rings. The molecule has 1 aromatic heterocycles. The monoisotopic (exact) mass is 350 g/mol. The highest BCUT2D eigenvalue weighted by atomic mass is 35.5. The normalized spacial score (nSPS) is 11.0. The Morgan fingerprint density at radius 3 is 2.73 bits per heavy atom. The van der Waals surface area contributed by atoms with Gasteiger partial charge in [0.15, 0.2) is 5.16 Å². The maximum Gasteiger partial charge on any atom is 0.261 e. The number of aromatic nitrogens is 2. The van der Waals surface area contributed by atoms with Crippen LogP contribution in [0.3, 0.4) is 0 Å². The highest BCUT2D eigenvalue weighted by molar-refractivity contribution is 7.98. The Labute approximate surface area is 141 Å². The van der Waals surface area contributed by atoms with E-state index in [0.717, 1.165) is 5.56 Å². The average Bonchev–Trinajstić information content (AvgIpc) is 2.51. The van der Waals surface area contributed by atoms with Crippen LogP contribution < -0.4 is 5.56 Å². The van der Waals surface area contributed by atoms with Crippen molar-refractivity contribution in [2.24, 2.45) is 7.05 Å². The molecule has 0 bridgehead atoms. The Morgan fingerprint density at radius 2 is 1.95 bits per heavy atom. The van der Waals surface area contributed by atoms with E-state index in [1.165, 1.54) is 11.8 Å². The summed E-state index contributed by atoms with van der Waals surface area (Å²) in [5.74, 6) is 0.620. The number of thioether (sulfide) groups is 1. The Bertz CT molecular complexity index is 908. The van der Waals surface area contributed by atoms with E-state index in [1.54, 1.807) is 29.8 Å². The molecule has 2 aromatic carbocycles. The molecule has 0 aliphatic carbocycles. The van der Waals surface area contributed by atoms with Crippen molar-refractivity contribution in [2.75, 3.05) is 0 Å². The maximum atomic E-state index is 12.3. The molecule has 6 heteroatoms. The third-order valence-corrected chi connectivity index (χ3v) is 4.98. The van der Waals surface area contributed by atoms with Gasteiger partial charge in [-0.15, -0.1) is 0 Å². The summed E-state index contributed by atoms with van der Waals surface area (Å²) >= 11 is 13.5. The summed E-state index contributed by atoms with van der Waals surface area (Å²) in [6.07, 6.45) is 0. The number of nitrogens with zero attached hydrogens (tertiary/aromatic N) is 2. The van der Waals surface area contributed by atoms with Crippen molar-refractivity contribution < 1.29 is 0 Å². The summed E-state index contributed by atoms with van der Waals surface area (Å²) in [5, 5.41) is 2.51. The van der Waals surface area contributed by atoms with Gasteiger partial charge in [0.05, 0.1) is 10.9 Å². The summed E-state index contributed by atoms with van der Waals surface area (Å²) in [5.41, 5.74) is 1.61. The lowest BCUT2D eigenvalue weighted by molar-refractivity contribution is 0.726. The molecular weight excluding hydrogens is 339 g/mol. The molecule has 3 aromatic rings. The summed E-state index contributed by atoms with van der Waals surface area (Å²) < 4.78 is 1.57. The number of hydrogen-bond donors (Lipinski definition) is 0. The van der Waals surface area contributed by atoms with Crippen LogP contribution in [0.15, 0.2) is 52.4 Å². The second kappa shape index (κ2) is 6.32. The summed E-state index contributed by atoms with van der Waals surface area (Å²) in [7, 11) is 1.73. The van der Waals surface area contributed by atoms with Crippen molar-refractivity contribution in [1.29, 1.82) is 0 Å². The Morgan fingerprint density at radius 1 is 1.18 bits per heavy atom. The van der Waals surface area contributed by atoms with Crippen LogP contribution in [0.25, 0.3) is 10.9 Å². The lowest BCUT2D eigenvalue weighted by Gasteiger charge is -2.09. The smallest absolute Gasteiger partial charge is 0.261 e. The van der Waals surface area contributed by atoms with Crippen LogP contribution in [0.4, 0.5) is 0 Å². The van der Waals surface area contributed by atoms with Gasteiger partial charge in [0.1, 0.15) is 0 Å². The molecule has 0 amide bonds. The van der Waals surface area contributed by atoms with E-state index in [2.05, 4.69) is 4.98 Å². The van der Waals surface area contributed by atoms with Gasteiger partial charge in [-0.2, -0.15) is 0 Å². The van der Waals surface area contributed by atoms with E-state index in [4.69, 9.17) is 23.2 Å². The van der Waals surface area contributed by atoms with Crippen LogP contribution in [0.2, 0.25) is 10.0 Å². The third kappa shape index (κ3) is 3.00. The fraction of sp³-hybridized carbons (Fsp3) is 0.125. The van der Waals surface area contributed by atoms with E-state index >= 15 is 0 Å². The lowest BCUT2D eigenvalue weighted by Crippen LogP contribution is -2.19. The zero-order valence-electron chi connectivity index (χ0n) is 11.7. The largest absolute Gasteiger partial charge is 0.290 e. The number of benzene rings is 2. The third-order valence-electron chi connectivity index (χ3n) is 3.31. The van der Waals surface area contributed by atoms with Gasteiger partial charge in [-0.3, -0.25) is 9.36 Å². The second-order valence-electron chi connectivity index (χ2n) is 4.80. The summed E-state index contributed by atoms with van der Waals surface area (Å²) in [4.78, 5) is 16.9. The number of para-hydroxylation sites is 1. The first-order chi connectivity index (χ1) is 10.6. The molecule has 0 N–H and O–H groups in total. The van der Waals surface area contributed by atoms with E-state index < -0.39 is 0 Å². The molecule has 0 saturated heterocycles. The summed E-state index contributed by atoms with van der Waals surface area (Å²) in [6.45, 7) is 0. The van der Waals surface area contributed by atoms with Gasteiger partial charge < -0.3 is 0 Å². The molecule has 1 heterocycles. The van der Waals surface area contributed by atoms with E-state index in [1.807, 2.05) is 24.3 Å². The van der Waals surface area contributed by atoms with E-state index in [0.29, 0.717) is 31.9 Å². The van der Waals surface area contributed by atoms with Crippen LogP contribution in [-0.4, -0.2) is 9.55 Å². The molecule has 0 atom stereocenters. The lowest BCUT2D eigenvalue weighted by atomic mass is 10.2. The number of hydrogen-bond acceptors (Lipinski definition) is 3. The molecular formula is C16H12Cl2N2OS. The van der Waals surface area contributed by atoms with E-state index in [-0.39, 0.29) is 5.56 Å². The quantitative estimate of drug-likeness (QED) is 0.514. The molecule has 0 fully saturated rings. The Balaban J connectivity index is 1.94. The first-order valence-corrected chi connectivity index (χ1v) is 8.33. The van der Waals surface area contributed by atoms with Crippen molar-refractivity contribution in [3.63, 3.8) is 0 Å². The Hall–Kier alpha value is -1.49. The molecule has 0 unspecified atom stereocenters. The first-order valence-electron chi connectivity index (χ1n) is 6.59. The van der Waals surface area contributed by atoms with Crippen LogP contribution in [0, 0.1) is 0 Å². The first kappa shape index (κ1) is 15.4. The van der Waals surface area contributed by atoms with Crippen LogP contribution >= 0.6 is 35.0 Å². The Kier molecular flexibility index (Phi) is 4.43. The van der Waals surface area contributed by atoms with Crippen molar-refractivity contribution in [3.05, 3.63) is 68.4 Å². The van der Waals surface area contributed by atoms with Crippen molar-refractivity contribution in [3.8, 4) is 0 Å². The second-order valence-corrected chi connectivity index (χ2v) is 6.59. The van der Waals surface area contributed by atoms with Gasteiger partial charge in [-0.25, -0.2) is 4.98 Å². The topological polar surface area (TPSA) is 34.9 Å². The predicted molar refractivity (Wildman–Crippen MR) is 93.0 cm³/mol. The molecule has 0 radical (unpaired) electrons. The number of halogens is 2. The van der Waals surface area contributed by atoms with Gasteiger partial charge in [-0.05, 0) is 29.8 Å². The average molecular weight is 351 g/mol. The molecule has 3 rings (SSSR count). The van der Waals surface area contributed by atoms with Gasteiger partial charge in [0, 0.05) is 22.8 Å². The predicted octanol–water partition coefficient (Wildman–Crippen LogP) is 4.53. The maximum absolute atomic E-state index is 12.3. The van der Waals surface area contributed by atoms with Crippen LogP contribution in [0.5, 0.6) is 0 Å². The molecule has 22 heavy (non-hydrogen) atoms. The minimum Gasteiger partial charge on any atom is -0.290 e. The van der Waals surface area contributed by atoms with Crippen molar-refractivity contribution in [2.45, 2.75) is 10.9 Å². The van der Waals surface area contributed by atoms with Gasteiger partial charge in [0.2, 0.25) is 0 Å². The molecule has 0 aliphatic heterocycles. The van der Waals surface area contributed by atoms with Gasteiger partial charge in [0.25, 0.3) is 5.56 Å². The number of rotatable bonds is 3. The zero-order valence-corrected chi connectivity index (χ0v) is 14.0. The molecule has 3 nitrogen and oxygen atoms in total. The number of fused-ring (bicyclic) bond motifs is 1. The van der Waals surface area contributed by atoms with Gasteiger partial charge in [-0.1, -0.05) is 53.2 Å². The van der Waals surface area contributed by atoms with Crippen LogP contribution in [-0.2, 0) is 12.8 Å². The molecule has 0 saturated carbocycles. The fourth-order valence-corrected chi connectivity index (χ4v) is 3.64. The van der Waals surface area contributed by atoms with Crippen LogP contribution in [0.1, 0.15) is 5.56 Å². The summed E-state index contributed by atoms with van der Waals surface area (Å²) in [6, 6.07) is 12.7. The highest BCUT2D eigenvalue weighted by Gasteiger charge is 2.09. The highest BCUT2D eigenvalue weighted by Crippen LogP contribution is 2.27. The SMILES string of the molecule is Cn1c(SCc2ccc(Cl)cc2Cl)nc2ccccc2c1=O. The standard InChI is InChI=1S/C16H12Cl2N2OS/c1-20-15(21)12-4-2-3-5-14(12)19-16(20)22-9-10-6-7-11(17)8-13(10)18/h2-8H,9H2,1H3. The van der Waals surface area contributed by atoms with Crippen molar-refractivity contribution in [1.82, 2.24) is 9.55 Å². The molecule has 112 valence electrons. The fourth-order valence-electron chi connectivity index (χ4n) is 2.11. The van der Waals surface area contributed by atoms with E-state index in [9.17, 15) is 4.79 Å². The molecule has 0 spiro atoms. The minimum absolute atomic E-state index is 0.0460. The zero-order chi connectivity index (χ0) is 15.7. The minimum atomic E-state index is -0.0460.